The van der Waals surface area contributed by atoms with Gasteiger partial charge in [-0.2, -0.15) is 0 Å². The first-order valence-corrected chi connectivity index (χ1v) is 8.85. The van der Waals surface area contributed by atoms with Crippen molar-refractivity contribution in [1.29, 1.82) is 0 Å². The number of nitrogens with zero attached hydrogens (tertiary/aromatic N) is 2. The lowest BCUT2D eigenvalue weighted by molar-refractivity contribution is -0.208. The van der Waals surface area contributed by atoms with Gasteiger partial charge in [-0.25, -0.2) is 19.7 Å². The number of aliphatic imine (C=N–C) groups is 1. The normalized spacial score (nSPS) is 30.3. The molecule has 2 aliphatic heterocycles. The van der Waals surface area contributed by atoms with E-state index in [9.17, 15) is 9.59 Å². The molecule has 0 amide bonds. The van der Waals surface area contributed by atoms with Crippen LogP contribution in [0.4, 0.5) is 0 Å². The molecule has 0 radical (unpaired) electrons. The van der Waals surface area contributed by atoms with Crippen molar-refractivity contribution < 1.29 is 23.9 Å². The van der Waals surface area contributed by atoms with Gasteiger partial charge >= 0.3 is 11.9 Å². The predicted octanol–water partition coefficient (Wildman–Crippen LogP) is 1.76. The molecule has 2 atom stereocenters. The number of thioether (sulfide) groups is 1. The second-order valence-corrected chi connectivity index (χ2v) is 7.29. The molecular formula is C15H24N2O5S. The van der Waals surface area contributed by atoms with E-state index in [0.29, 0.717) is 5.84 Å². The van der Waals surface area contributed by atoms with Crippen molar-refractivity contribution in [3.05, 3.63) is 0 Å². The maximum atomic E-state index is 12.4. The van der Waals surface area contributed by atoms with Gasteiger partial charge in [0.15, 0.2) is 0 Å². The van der Waals surface area contributed by atoms with E-state index < -0.39 is 17.7 Å². The van der Waals surface area contributed by atoms with Crippen molar-refractivity contribution in [1.82, 2.24) is 5.06 Å². The van der Waals surface area contributed by atoms with Crippen LogP contribution in [0.15, 0.2) is 4.99 Å². The Morgan fingerprint density at radius 2 is 2.04 bits per heavy atom. The molecule has 1 fully saturated rings. The zero-order valence-corrected chi connectivity index (χ0v) is 14.9. The van der Waals surface area contributed by atoms with Crippen molar-refractivity contribution in [2.24, 2.45) is 4.99 Å². The molecule has 2 rings (SSSR count). The zero-order chi connectivity index (χ0) is 17.1. The van der Waals surface area contributed by atoms with Crippen molar-refractivity contribution >= 4 is 29.5 Å². The largest absolute Gasteiger partial charge is 0.466 e. The summed E-state index contributed by atoms with van der Waals surface area (Å²) < 4.78 is 9.82. The highest BCUT2D eigenvalue weighted by molar-refractivity contribution is 8.01. The van der Waals surface area contributed by atoms with Crippen LogP contribution in [-0.2, 0) is 23.9 Å². The molecule has 0 aromatic rings. The van der Waals surface area contributed by atoms with E-state index in [1.165, 1.54) is 5.06 Å². The molecule has 0 aliphatic carbocycles. The van der Waals surface area contributed by atoms with Gasteiger partial charge < -0.3 is 9.47 Å². The van der Waals surface area contributed by atoms with E-state index in [0.717, 1.165) is 18.6 Å². The molecule has 0 bridgehead atoms. The molecule has 8 heteroatoms. The Balaban J connectivity index is 2.32. The second kappa shape index (κ2) is 7.09. The van der Waals surface area contributed by atoms with Crippen LogP contribution in [0, 0.1) is 0 Å². The Morgan fingerprint density at radius 3 is 2.61 bits per heavy atom. The molecule has 130 valence electrons. The van der Waals surface area contributed by atoms with Gasteiger partial charge in [-0.05, 0) is 39.4 Å². The summed E-state index contributed by atoms with van der Waals surface area (Å²) in [6.07, 6.45) is 1.73. The molecule has 7 nitrogen and oxygen atoms in total. The average molecular weight is 344 g/mol. The second-order valence-electron chi connectivity index (χ2n) is 5.69. The molecule has 2 aliphatic rings. The SMILES string of the molecule is CCOC(=O)CC1(C(=O)OCC)N=C(C2(C)CCCS2)N(C)O1. The number of carbonyl (C=O) groups is 2. The number of carbonyl (C=O) groups excluding carboxylic acids is 2. The number of esters is 2. The number of hydrogen-bond acceptors (Lipinski definition) is 8. The molecule has 2 unspecified atom stereocenters. The first kappa shape index (κ1) is 18.1. The summed E-state index contributed by atoms with van der Waals surface area (Å²) in [6, 6.07) is 0. The summed E-state index contributed by atoms with van der Waals surface area (Å²) in [5.74, 6) is 0.496. The van der Waals surface area contributed by atoms with Gasteiger partial charge in [-0.15, -0.1) is 11.8 Å². The van der Waals surface area contributed by atoms with Crippen LogP contribution in [0.25, 0.3) is 0 Å². The molecule has 2 heterocycles. The highest BCUT2D eigenvalue weighted by Crippen LogP contribution is 2.43. The van der Waals surface area contributed by atoms with Crippen LogP contribution in [0.2, 0.25) is 0 Å². The fraction of sp³-hybridized carbons (Fsp3) is 0.800. The summed E-state index contributed by atoms with van der Waals surface area (Å²) in [4.78, 5) is 34.6. The van der Waals surface area contributed by atoms with Gasteiger partial charge in [0.1, 0.15) is 12.3 Å². The van der Waals surface area contributed by atoms with Gasteiger partial charge in [-0.1, -0.05) is 0 Å². The topological polar surface area (TPSA) is 77.4 Å². The summed E-state index contributed by atoms with van der Waals surface area (Å²) in [6.45, 7) is 5.91. The van der Waals surface area contributed by atoms with Gasteiger partial charge in [0.05, 0.1) is 18.0 Å². The summed E-state index contributed by atoms with van der Waals surface area (Å²) in [5, 5.41) is 1.49. The van der Waals surface area contributed by atoms with E-state index in [4.69, 9.17) is 14.3 Å². The maximum Gasteiger partial charge on any atom is 0.364 e. The fourth-order valence-electron chi connectivity index (χ4n) is 2.82. The molecule has 0 aromatic carbocycles. The Bertz CT molecular complexity index is 504. The summed E-state index contributed by atoms with van der Waals surface area (Å²) >= 11 is 1.78. The highest BCUT2D eigenvalue weighted by Gasteiger charge is 2.54. The monoisotopic (exact) mass is 344 g/mol. The molecular weight excluding hydrogens is 320 g/mol. The number of rotatable bonds is 6. The fourth-order valence-corrected chi connectivity index (χ4v) is 4.15. The van der Waals surface area contributed by atoms with Crippen molar-refractivity contribution in [3.63, 3.8) is 0 Å². The third-order valence-electron chi connectivity index (χ3n) is 3.85. The molecule has 0 spiro atoms. The quantitative estimate of drug-likeness (QED) is 0.679. The number of hydroxylamine groups is 2. The Hall–Kier alpha value is -1.28. The Morgan fingerprint density at radius 1 is 1.35 bits per heavy atom. The van der Waals surface area contributed by atoms with Gasteiger partial charge in [-0.3, -0.25) is 4.79 Å². The van der Waals surface area contributed by atoms with Crippen molar-refractivity contribution in [2.75, 3.05) is 26.0 Å². The lowest BCUT2D eigenvalue weighted by Gasteiger charge is -2.27. The number of ether oxygens (including phenoxy) is 2. The Kier molecular flexibility index (Phi) is 5.57. The first-order valence-electron chi connectivity index (χ1n) is 7.87. The van der Waals surface area contributed by atoms with Crippen LogP contribution in [0.5, 0.6) is 0 Å². The molecule has 0 N–H and O–H groups in total. The third-order valence-corrected chi connectivity index (χ3v) is 5.36. The van der Waals surface area contributed by atoms with E-state index in [-0.39, 0.29) is 24.4 Å². The van der Waals surface area contributed by atoms with Crippen LogP contribution in [0.3, 0.4) is 0 Å². The predicted molar refractivity (Wildman–Crippen MR) is 87.0 cm³/mol. The standard InChI is InChI=1S/C15H24N2O5S/c1-5-20-11(18)10-15(13(19)21-6-2)16-12(17(4)22-15)14(3)8-7-9-23-14/h5-10H2,1-4H3. The van der Waals surface area contributed by atoms with E-state index in [1.54, 1.807) is 32.7 Å². The zero-order valence-electron chi connectivity index (χ0n) is 14.1. The maximum absolute atomic E-state index is 12.4. The molecule has 0 saturated carbocycles. The van der Waals surface area contributed by atoms with Crippen LogP contribution >= 0.6 is 11.8 Å². The molecule has 0 aromatic heterocycles. The third kappa shape index (κ3) is 3.63. The van der Waals surface area contributed by atoms with Crippen molar-refractivity contribution in [3.8, 4) is 0 Å². The van der Waals surface area contributed by atoms with E-state index >= 15 is 0 Å². The van der Waals surface area contributed by atoms with Gasteiger partial charge in [0.25, 0.3) is 5.72 Å². The Labute approximate surface area is 140 Å². The first-order chi connectivity index (χ1) is 10.9. The summed E-state index contributed by atoms with van der Waals surface area (Å²) in [7, 11) is 1.70. The van der Waals surface area contributed by atoms with Crippen LogP contribution in [-0.4, -0.2) is 59.3 Å². The lowest BCUT2D eigenvalue weighted by atomic mass is 10.0. The number of hydrogen-bond donors (Lipinski definition) is 0. The van der Waals surface area contributed by atoms with E-state index in [1.807, 2.05) is 0 Å². The average Bonchev–Trinajstić information content (AvgIpc) is 3.05. The number of amidine groups is 1. The van der Waals surface area contributed by atoms with Gasteiger partial charge in [0.2, 0.25) is 0 Å². The minimum absolute atomic E-state index is 0.188. The van der Waals surface area contributed by atoms with Crippen molar-refractivity contribution in [2.45, 2.75) is 50.5 Å². The van der Waals surface area contributed by atoms with E-state index in [2.05, 4.69) is 11.9 Å². The van der Waals surface area contributed by atoms with Gasteiger partial charge in [0, 0.05) is 7.05 Å². The smallest absolute Gasteiger partial charge is 0.364 e. The minimum Gasteiger partial charge on any atom is -0.466 e. The summed E-state index contributed by atoms with van der Waals surface area (Å²) in [5.41, 5.74) is -1.68. The molecule has 23 heavy (non-hydrogen) atoms. The lowest BCUT2D eigenvalue weighted by Crippen LogP contribution is -2.43. The minimum atomic E-state index is -1.68. The highest BCUT2D eigenvalue weighted by atomic mass is 32.2. The van der Waals surface area contributed by atoms with Crippen LogP contribution in [0.1, 0.15) is 40.0 Å². The van der Waals surface area contributed by atoms with Crippen LogP contribution < -0.4 is 0 Å². The molecule has 1 saturated heterocycles.